The van der Waals surface area contributed by atoms with Gasteiger partial charge in [0.1, 0.15) is 6.54 Å². The second-order valence-electron chi connectivity index (χ2n) is 9.14. The van der Waals surface area contributed by atoms with Gasteiger partial charge >= 0.3 is 5.51 Å². The number of para-hydroxylation sites is 2. The summed E-state index contributed by atoms with van der Waals surface area (Å²) in [7, 11) is -3.95. The van der Waals surface area contributed by atoms with Crippen molar-refractivity contribution in [3.05, 3.63) is 83.5 Å². The lowest BCUT2D eigenvalue weighted by atomic mass is 10.1. The lowest BCUT2D eigenvalue weighted by Crippen LogP contribution is -2.34. The van der Waals surface area contributed by atoms with E-state index in [4.69, 9.17) is 13.0 Å². The molecule has 3 aromatic rings. The monoisotopic (exact) mass is 578 g/mol. The highest BCUT2D eigenvalue weighted by Gasteiger charge is 2.36. The smallest absolute Gasteiger partial charge is 0.485 e. The van der Waals surface area contributed by atoms with E-state index in [2.05, 4.69) is 102 Å². The fraction of sp³-hybridized carbons (Fsp3) is 0.345. The van der Waals surface area contributed by atoms with E-state index in [1.165, 1.54) is 70.6 Å². The minimum Gasteiger partial charge on any atom is -0.741 e. The lowest BCUT2D eigenvalue weighted by Gasteiger charge is -2.12. The third kappa shape index (κ3) is 8.58. The molecule has 0 fully saturated rings. The second kappa shape index (κ2) is 14.0. The number of pyridine rings is 1. The number of hydrogen-bond donors (Lipinski definition) is 0. The van der Waals surface area contributed by atoms with Crippen molar-refractivity contribution in [2.45, 2.75) is 62.4 Å². The van der Waals surface area contributed by atoms with Gasteiger partial charge in [-0.25, -0.2) is 8.42 Å². The Balaban J connectivity index is 0.000000459. The van der Waals surface area contributed by atoms with E-state index in [0.717, 1.165) is 6.54 Å². The van der Waals surface area contributed by atoms with Gasteiger partial charge in [-0.15, -0.1) is 0 Å². The summed E-state index contributed by atoms with van der Waals surface area (Å²) in [5.74, 6) is 0. The van der Waals surface area contributed by atoms with Crippen molar-refractivity contribution in [2.75, 3.05) is 11.9 Å². The van der Waals surface area contributed by atoms with E-state index < -0.39 is 15.6 Å². The Labute approximate surface area is 232 Å². The molecule has 0 unspecified atom stereocenters. The molecular formula is C29H33F3N2O3S2. The van der Waals surface area contributed by atoms with Gasteiger partial charge in [0.25, 0.3) is 0 Å². The van der Waals surface area contributed by atoms with Gasteiger partial charge in [0.15, 0.2) is 16.3 Å². The summed E-state index contributed by atoms with van der Waals surface area (Å²) in [6, 6.07) is 19.6. The largest absolute Gasteiger partial charge is 0.741 e. The predicted octanol–water partition coefficient (Wildman–Crippen LogP) is 7.64. The molecule has 2 aromatic carbocycles. The molecule has 0 aliphatic carbocycles. The molecule has 0 saturated carbocycles. The van der Waals surface area contributed by atoms with E-state index in [1.54, 1.807) is 0 Å². The van der Waals surface area contributed by atoms with Crippen molar-refractivity contribution >= 4 is 44.5 Å². The number of halogens is 3. The van der Waals surface area contributed by atoms with Crippen LogP contribution in [0.1, 0.15) is 51.0 Å². The number of aryl methyl sites for hydroxylation is 1. The minimum atomic E-state index is -6.09. The Morgan fingerprint density at radius 2 is 1.62 bits per heavy atom. The number of anilines is 1. The van der Waals surface area contributed by atoms with Gasteiger partial charge in [-0.1, -0.05) is 80.8 Å². The van der Waals surface area contributed by atoms with Crippen LogP contribution in [0.15, 0.2) is 82.9 Å². The number of allylic oxidation sites excluding steroid dienone is 2. The zero-order valence-corrected chi connectivity index (χ0v) is 23.7. The molecule has 0 amide bonds. The first-order valence-corrected chi connectivity index (χ1v) is 15.1. The maximum absolute atomic E-state index is 10.7. The number of benzene rings is 2. The highest BCUT2D eigenvalue weighted by Crippen LogP contribution is 2.44. The Hall–Kier alpha value is -2.82. The molecule has 2 heterocycles. The molecule has 4 rings (SSSR count). The number of fused-ring (bicyclic) bond motifs is 2. The van der Waals surface area contributed by atoms with Gasteiger partial charge in [0, 0.05) is 30.5 Å². The molecule has 0 radical (unpaired) electrons. The Bertz CT molecular complexity index is 1420. The number of unbranched alkanes of at least 4 members (excludes halogenated alkanes) is 5. The van der Waals surface area contributed by atoms with E-state index in [1.807, 2.05) is 11.8 Å². The number of alkyl halides is 3. The average Bonchev–Trinajstić information content (AvgIpc) is 3.21. The summed E-state index contributed by atoms with van der Waals surface area (Å²) in [6.45, 7) is 3.37. The summed E-state index contributed by atoms with van der Waals surface area (Å²) in [6.07, 6.45) is 16.9. The van der Waals surface area contributed by atoms with Crippen molar-refractivity contribution in [1.82, 2.24) is 0 Å². The second-order valence-corrected chi connectivity index (χ2v) is 11.6. The third-order valence-electron chi connectivity index (χ3n) is 6.28. The zero-order chi connectivity index (χ0) is 28.5. The zero-order valence-electron chi connectivity index (χ0n) is 22.0. The van der Waals surface area contributed by atoms with Gasteiger partial charge in [0.05, 0.1) is 16.1 Å². The van der Waals surface area contributed by atoms with E-state index in [0.29, 0.717) is 0 Å². The molecule has 0 N–H and O–H groups in total. The molecule has 5 nitrogen and oxygen atoms in total. The number of nitrogens with zero attached hydrogens (tertiary/aromatic N) is 2. The van der Waals surface area contributed by atoms with Crippen LogP contribution < -0.4 is 9.47 Å². The molecule has 39 heavy (non-hydrogen) atoms. The van der Waals surface area contributed by atoms with Crippen LogP contribution in [0, 0.1) is 0 Å². The molecule has 0 saturated heterocycles. The molecule has 1 aliphatic rings. The van der Waals surface area contributed by atoms with E-state index in [9.17, 15) is 13.2 Å². The number of thioether (sulfide) groups is 1. The summed E-state index contributed by atoms with van der Waals surface area (Å²) < 4.78 is 61.3. The van der Waals surface area contributed by atoms with Crippen molar-refractivity contribution in [2.24, 2.45) is 0 Å². The molecule has 210 valence electrons. The quantitative estimate of drug-likeness (QED) is 0.113. The fourth-order valence-electron chi connectivity index (χ4n) is 4.21. The van der Waals surface area contributed by atoms with Gasteiger partial charge in [-0.2, -0.15) is 17.7 Å². The van der Waals surface area contributed by atoms with E-state index in [-0.39, 0.29) is 0 Å². The molecule has 10 heteroatoms. The first kappa shape index (κ1) is 30.7. The summed E-state index contributed by atoms with van der Waals surface area (Å²) in [5.41, 5.74) is -1.76. The first-order chi connectivity index (χ1) is 18.5. The highest BCUT2D eigenvalue weighted by molar-refractivity contribution is 8.03. The van der Waals surface area contributed by atoms with Crippen molar-refractivity contribution < 1.29 is 30.7 Å². The van der Waals surface area contributed by atoms with Crippen molar-refractivity contribution in [3.63, 3.8) is 0 Å². The summed E-state index contributed by atoms with van der Waals surface area (Å²) in [4.78, 5) is 3.59. The van der Waals surface area contributed by atoms with Crippen molar-refractivity contribution in [1.29, 1.82) is 0 Å². The minimum absolute atomic E-state index is 1.10. The Morgan fingerprint density at radius 3 is 2.31 bits per heavy atom. The standard InChI is InChI=1S/C28H33N2S.CHF3O3S/c1-3-4-5-6-7-12-21-30-22-20-23(24-15-8-9-16-25(24)30)14-13-19-28-29(2)26-17-10-11-18-27(26)31-28;2-1(3,4)8(5,6)7/h8-11,13-20,22H,3-7,12,21H2,1-2H3;(H,5,6,7)/q+1;/p-1. The lowest BCUT2D eigenvalue weighted by molar-refractivity contribution is -0.671. The van der Waals surface area contributed by atoms with E-state index >= 15 is 0 Å². The normalized spacial score (nSPS) is 14.6. The summed E-state index contributed by atoms with van der Waals surface area (Å²) >= 11 is 1.83. The van der Waals surface area contributed by atoms with Gasteiger partial charge in [-0.05, 0) is 36.3 Å². The SMILES string of the molecule is CCCCCCCC[n+]1ccc(C=CC=C2Sc3ccccc3N2C)c2ccccc21.O=S(=O)([O-])C(F)(F)F. The Kier molecular flexibility index (Phi) is 11.0. The van der Waals surface area contributed by atoms with Crippen LogP contribution in [-0.4, -0.2) is 25.5 Å². The Morgan fingerprint density at radius 1 is 0.974 bits per heavy atom. The molecule has 1 aliphatic heterocycles. The van der Waals surface area contributed by atoms with Crippen molar-refractivity contribution in [3.8, 4) is 0 Å². The topological polar surface area (TPSA) is 64.3 Å². The number of aromatic nitrogens is 1. The molecule has 0 spiro atoms. The average molecular weight is 579 g/mol. The first-order valence-electron chi connectivity index (χ1n) is 12.8. The van der Waals surface area contributed by atoms with Crippen LogP contribution >= 0.6 is 11.8 Å². The van der Waals surface area contributed by atoms with Crippen LogP contribution in [-0.2, 0) is 16.7 Å². The molecule has 1 aromatic heterocycles. The van der Waals surface area contributed by atoms with Gasteiger partial charge in [-0.3, -0.25) is 0 Å². The van der Waals surface area contributed by atoms with Gasteiger partial charge < -0.3 is 9.45 Å². The predicted molar refractivity (Wildman–Crippen MR) is 151 cm³/mol. The maximum atomic E-state index is 10.7. The van der Waals surface area contributed by atoms with Crippen LogP contribution in [0.3, 0.4) is 0 Å². The fourth-order valence-corrected chi connectivity index (χ4v) is 5.28. The van der Waals surface area contributed by atoms with Crippen LogP contribution in [0.2, 0.25) is 0 Å². The molecule has 0 atom stereocenters. The number of hydrogen-bond acceptors (Lipinski definition) is 5. The van der Waals surface area contributed by atoms with Crippen LogP contribution in [0.5, 0.6) is 0 Å². The molecular weight excluding hydrogens is 545 g/mol. The highest BCUT2D eigenvalue weighted by atomic mass is 32.2. The summed E-state index contributed by atoms with van der Waals surface area (Å²) in [5, 5.41) is 2.58. The van der Waals surface area contributed by atoms with Crippen LogP contribution in [0.4, 0.5) is 18.9 Å². The third-order valence-corrected chi connectivity index (χ3v) is 8.03. The number of rotatable bonds is 9. The van der Waals surface area contributed by atoms with Crippen LogP contribution in [0.25, 0.3) is 17.0 Å². The van der Waals surface area contributed by atoms with Gasteiger partial charge in [0.2, 0.25) is 5.52 Å². The molecule has 0 bridgehead atoms. The maximum Gasteiger partial charge on any atom is 0.485 e.